The second kappa shape index (κ2) is 4.48. The van der Waals surface area contributed by atoms with Gasteiger partial charge in [0.05, 0.1) is 0 Å². The summed E-state index contributed by atoms with van der Waals surface area (Å²) in [4.78, 5) is 0. The van der Waals surface area contributed by atoms with Gasteiger partial charge in [0.25, 0.3) is 0 Å². The first-order chi connectivity index (χ1) is 6.36. The first kappa shape index (κ1) is 9.55. The van der Waals surface area contributed by atoms with Crippen LogP contribution in [-0.4, -0.2) is 0 Å². The molecule has 0 spiro atoms. The van der Waals surface area contributed by atoms with E-state index in [1.54, 1.807) is 0 Å². The molecule has 0 bridgehead atoms. The molecule has 0 heteroatoms. The van der Waals surface area contributed by atoms with Gasteiger partial charge in [0.2, 0.25) is 0 Å². The Morgan fingerprint density at radius 2 is 1.85 bits per heavy atom. The molecule has 0 aromatic carbocycles. The van der Waals surface area contributed by atoms with Crippen LogP contribution in [0.25, 0.3) is 0 Å². The zero-order valence-electron chi connectivity index (χ0n) is 9.02. The molecule has 0 amide bonds. The fourth-order valence-corrected chi connectivity index (χ4v) is 3.15. The summed E-state index contributed by atoms with van der Waals surface area (Å²) in [6, 6.07) is 0. The third-order valence-corrected chi connectivity index (χ3v) is 4.18. The van der Waals surface area contributed by atoms with Gasteiger partial charge < -0.3 is 0 Å². The molecular formula is C13H23. The molecule has 1 atom stereocenters. The summed E-state index contributed by atoms with van der Waals surface area (Å²) >= 11 is 0. The monoisotopic (exact) mass is 179 g/mol. The lowest BCUT2D eigenvalue weighted by Gasteiger charge is -2.16. The van der Waals surface area contributed by atoms with Gasteiger partial charge >= 0.3 is 0 Å². The fraction of sp³-hybridized carbons (Fsp3) is 0.923. The van der Waals surface area contributed by atoms with E-state index in [0.717, 1.165) is 11.8 Å². The summed E-state index contributed by atoms with van der Waals surface area (Å²) in [6.07, 6.45) is 13.5. The van der Waals surface area contributed by atoms with Crippen molar-refractivity contribution in [2.24, 2.45) is 11.8 Å². The molecule has 0 nitrogen and oxygen atoms in total. The smallest absolute Gasteiger partial charge is 0.0213 e. The highest BCUT2D eigenvalue weighted by molar-refractivity contribution is 4.99. The van der Waals surface area contributed by atoms with E-state index in [1.807, 2.05) is 5.92 Å². The van der Waals surface area contributed by atoms with E-state index in [2.05, 4.69) is 6.92 Å². The number of hydrogen-bond donors (Lipinski definition) is 0. The number of hydrogen-bond acceptors (Lipinski definition) is 0. The maximum absolute atomic E-state index is 2.43. The van der Waals surface area contributed by atoms with Crippen molar-refractivity contribution in [3.63, 3.8) is 0 Å². The zero-order valence-corrected chi connectivity index (χ0v) is 9.02. The lowest BCUT2D eigenvalue weighted by atomic mass is 9.89. The minimum absolute atomic E-state index is 0.960. The third kappa shape index (κ3) is 2.48. The number of rotatable bonds is 3. The van der Waals surface area contributed by atoms with Crippen molar-refractivity contribution >= 4 is 0 Å². The van der Waals surface area contributed by atoms with Crippen LogP contribution in [0.15, 0.2) is 0 Å². The molecule has 0 aromatic heterocycles. The Morgan fingerprint density at radius 1 is 1.08 bits per heavy atom. The summed E-state index contributed by atoms with van der Waals surface area (Å²) < 4.78 is 0. The van der Waals surface area contributed by atoms with Crippen molar-refractivity contribution in [1.82, 2.24) is 0 Å². The summed E-state index contributed by atoms with van der Waals surface area (Å²) in [6.45, 7) is 2.43. The second-order valence-electron chi connectivity index (χ2n) is 5.14. The van der Waals surface area contributed by atoms with Crippen LogP contribution >= 0.6 is 0 Å². The van der Waals surface area contributed by atoms with Crippen molar-refractivity contribution in [1.29, 1.82) is 0 Å². The summed E-state index contributed by atoms with van der Waals surface area (Å²) in [5.41, 5.74) is 0. The predicted octanol–water partition coefficient (Wildman–Crippen LogP) is 4.35. The molecule has 2 fully saturated rings. The van der Waals surface area contributed by atoms with Crippen LogP contribution in [0.1, 0.15) is 64.7 Å². The van der Waals surface area contributed by atoms with Crippen LogP contribution < -0.4 is 0 Å². The molecule has 2 aliphatic rings. The zero-order chi connectivity index (χ0) is 9.10. The summed E-state index contributed by atoms with van der Waals surface area (Å²) in [5.74, 6) is 3.95. The van der Waals surface area contributed by atoms with Gasteiger partial charge in [0, 0.05) is 0 Å². The van der Waals surface area contributed by atoms with Crippen LogP contribution in [-0.2, 0) is 0 Å². The molecule has 2 aliphatic carbocycles. The van der Waals surface area contributed by atoms with E-state index < -0.39 is 0 Å². The standard InChI is InChI=1S/C13H23/c1-11-5-4-8-13(11)10-9-12-6-2-3-7-12/h11-12H,2-10H2,1H3. The SMILES string of the molecule is CC1CCC[C]1CCC1CCCC1. The van der Waals surface area contributed by atoms with Gasteiger partial charge in [-0.25, -0.2) is 0 Å². The summed E-state index contributed by atoms with van der Waals surface area (Å²) in [5, 5.41) is 0. The van der Waals surface area contributed by atoms with Crippen LogP contribution in [0.4, 0.5) is 0 Å². The third-order valence-electron chi connectivity index (χ3n) is 4.18. The highest BCUT2D eigenvalue weighted by Gasteiger charge is 2.25. The Hall–Kier alpha value is 0. The normalized spacial score (nSPS) is 31.6. The molecule has 0 heterocycles. The fourth-order valence-electron chi connectivity index (χ4n) is 3.15. The van der Waals surface area contributed by atoms with Crippen LogP contribution in [0.5, 0.6) is 0 Å². The Balaban J connectivity index is 1.66. The lowest BCUT2D eigenvalue weighted by Crippen LogP contribution is -2.04. The van der Waals surface area contributed by atoms with E-state index in [-0.39, 0.29) is 0 Å². The largest absolute Gasteiger partial charge is 0.0620 e. The van der Waals surface area contributed by atoms with E-state index in [9.17, 15) is 0 Å². The molecular weight excluding hydrogens is 156 g/mol. The molecule has 0 aromatic rings. The molecule has 0 N–H and O–H groups in total. The van der Waals surface area contributed by atoms with E-state index in [0.29, 0.717) is 0 Å². The van der Waals surface area contributed by atoms with Crippen LogP contribution in [0, 0.1) is 17.8 Å². The highest BCUT2D eigenvalue weighted by Crippen LogP contribution is 2.39. The van der Waals surface area contributed by atoms with Crippen molar-refractivity contribution in [2.45, 2.75) is 64.7 Å². The van der Waals surface area contributed by atoms with Gasteiger partial charge in [0.1, 0.15) is 0 Å². The highest BCUT2D eigenvalue weighted by atomic mass is 14.3. The summed E-state index contributed by atoms with van der Waals surface area (Å²) in [7, 11) is 0. The Morgan fingerprint density at radius 3 is 2.46 bits per heavy atom. The van der Waals surface area contributed by atoms with E-state index in [1.165, 1.54) is 57.8 Å². The molecule has 2 saturated carbocycles. The maximum atomic E-state index is 2.43. The topological polar surface area (TPSA) is 0 Å². The van der Waals surface area contributed by atoms with Crippen molar-refractivity contribution in [3.8, 4) is 0 Å². The van der Waals surface area contributed by atoms with Gasteiger partial charge in [-0.3, -0.25) is 0 Å². The van der Waals surface area contributed by atoms with Gasteiger partial charge in [-0.05, 0) is 37.0 Å². The Kier molecular flexibility index (Phi) is 3.29. The second-order valence-corrected chi connectivity index (χ2v) is 5.14. The van der Waals surface area contributed by atoms with Crippen LogP contribution in [0.2, 0.25) is 0 Å². The van der Waals surface area contributed by atoms with E-state index in [4.69, 9.17) is 0 Å². The van der Waals surface area contributed by atoms with Gasteiger partial charge in [-0.2, -0.15) is 0 Å². The molecule has 0 saturated heterocycles. The van der Waals surface area contributed by atoms with Crippen molar-refractivity contribution in [3.05, 3.63) is 5.92 Å². The minimum Gasteiger partial charge on any atom is -0.0620 e. The van der Waals surface area contributed by atoms with Gasteiger partial charge in [-0.15, -0.1) is 0 Å². The van der Waals surface area contributed by atoms with E-state index >= 15 is 0 Å². The predicted molar refractivity (Wildman–Crippen MR) is 57.5 cm³/mol. The molecule has 1 radical (unpaired) electrons. The minimum atomic E-state index is 0.960. The molecule has 1 unspecified atom stereocenters. The van der Waals surface area contributed by atoms with Gasteiger partial charge in [0.15, 0.2) is 0 Å². The Bertz CT molecular complexity index is 144. The first-order valence-corrected chi connectivity index (χ1v) is 6.21. The molecule has 0 aliphatic heterocycles. The molecule has 75 valence electrons. The maximum Gasteiger partial charge on any atom is -0.0213 e. The van der Waals surface area contributed by atoms with Crippen molar-refractivity contribution < 1.29 is 0 Å². The average Bonchev–Trinajstić information content (AvgIpc) is 2.72. The quantitative estimate of drug-likeness (QED) is 0.604. The van der Waals surface area contributed by atoms with Gasteiger partial charge in [-0.1, -0.05) is 45.4 Å². The first-order valence-electron chi connectivity index (χ1n) is 6.21. The van der Waals surface area contributed by atoms with Crippen LogP contribution in [0.3, 0.4) is 0 Å². The lowest BCUT2D eigenvalue weighted by molar-refractivity contribution is 0.464. The Labute approximate surface area is 83.1 Å². The molecule has 13 heavy (non-hydrogen) atoms. The molecule has 2 rings (SSSR count). The average molecular weight is 179 g/mol. The van der Waals surface area contributed by atoms with Crippen molar-refractivity contribution in [2.75, 3.05) is 0 Å².